The zero-order valence-corrected chi connectivity index (χ0v) is 7.80. The van der Waals surface area contributed by atoms with Crippen molar-refractivity contribution in [2.24, 2.45) is 0 Å². The number of phenols is 1. The maximum absolute atomic E-state index is 10.6. The van der Waals surface area contributed by atoms with E-state index in [1.807, 2.05) is 0 Å². The highest BCUT2D eigenvalue weighted by Gasteiger charge is 2.11. The molecule has 0 aromatic heterocycles. The zero-order valence-electron chi connectivity index (χ0n) is 7.80. The lowest BCUT2D eigenvalue weighted by atomic mass is 10.0. The summed E-state index contributed by atoms with van der Waals surface area (Å²) in [4.78, 5) is 10.6. The van der Waals surface area contributed by atoms with Crippen LogP contribution in [0.25, 0.3) is 0 Å². The van der Waals surface area contributed by atoms with E-state index in [0.717, 1.165) is 0 Å². The molecule has 76 valence electrons. The fourth-order valence-electron chi connectivity index (χ4n) is 1.15. The molecule has 0 aliphatic carbocycles. The predicted octanol–water partition coefficient (Wildman–Crippen LogP) is 0.676. The SMILES string of the molecule is COc1cc(C(C=O)CO)ccc1O. The lowest BCUT2D eigenvalue weighted by molar-refractivity contribution is -0.109. The molecule has 1 aromatic rings. The van der Waals surface area contributed by atoms with E-state index in [1.165, 1.54) is 19.2 Å². The molecule has 1 unspecified atom stereocenters. The number of aldehydes is 1. The van der Waals surface area contributed by atoms with Crippen molar-refractivity contribution in [3.63, 3.8) is 0 Å². The summed E-state index contributed by atoms with van der Waals surface area (Å²) >= 11 is 0. The Morgan fingerprint density at radius 3 is 2.79 bits per heavy atom. The summed E-state index contributed by atoms with van der Waals surface area (Å²) in [6.07, 6.45) is 0.659. The van der Waals surface area contributed by atoms with Gasteiger partial charge in [0.25, 0.3) is 0 Å². The van der Waals surface area contributed by atoms with E-state index in [1.54, 1.807) is 6.07 Å². The minimum absolute atomic E-state index is 0.0128. The van der Waals surface area contributed by atoms with E-state index >= 15 is 0 Å². The first-order chi connectivity index (χ1) is 6.72. The molecule has 4 nitrogen and oxygen atoms in total. The van der Waals surface area contributed by atoms with Crippen LogP contribution >= 0.6 is 0 Å². The van der Waals surface area contributed by atoms with Crippen LogP contribution in [-0.4, -0.2) is 30.2 Å². The Bertz CT molecular complexity index is 322. The van der Waals surface area contributed by atoms with Gasteiger partial charge >= 0.3 is 0 Å². The molecule has 0 heterocycles. The lowest BCUT2D eigenvalue weighted by Crippen LogP contribution is -2.05. The topological polar surface area (TPSA) is 66.8 Å². The van der Waals surface area contributed by atoms with Crippen molar-refractivity contribution in [3.05, 3.63) is 23.8 Å². The Kier molecular flexibility index (Phi) is 3.48. The van der Waals surface area contributed by atoms with Crippen molar-refractivity contribution >= 4 is 6.29 Å². The Morgan fingerprint density at radius 2 is 2.29 bits per heavy atom. The number of aromatic hydroxyl groups is 1. The van der Waals surface area contributed by atoms with Crippen LogP contribution in [0, 0.1) is 0 Å². The summed E-state index contributed by atoms with van der Waals surface area (Å²) in [5, 5.41) is 18.2. The van der Waals surface area contributed by atoms with Gasteiger partial charge in [0.2, 0.25) is 0 Å². The van der Waals surface area contributed by atoms with Crippen molar-refractivity contribution < 1.29 is 19.7 Å². The van der Waals surface area contributed by atoms with Gasteiger partial charge in [0.15, 0.2) is 11.5 Å². The van der Waals surface area contributed by atoms with Gasteiger partial charge in [-0.05, 0) is 17.7 Å². The molecule has 0 saturated heterocycles. The second-order valence-electron chi connectivity index (χ2n) is 2.86. The zero-order chi connectivity index (χ0) is 10.6. The summed E-state index contributed by atoms with van der Waals surface area (Å²) in [5.41, 5.74) is 0.622. The molecule has 4 heteroatoms. The molecule has 1 aromatic carbocycles. The first kappa shape index (κ1) is 10.5. The average molecular weight is 196 g/mol. The van der Waals surface area contributed by atoms with Gasteiger partial charge in [-0.15, -0.1) is 0 Å². The standard InChI is InChI=1S/C10H12O4/c1-14-10-4-7(2-3-9(10)13)8(5-11)6-12/h2-5,8,12-13H,6H2,1H3. The van der Waals surface area contributed by atoms with E-state index in [9.17, 15) is 9.90 Å². The molecule has 0 aliphatic heterocycles. The van der Waals surface area contributed by atoms with Crippen molar-refractivity contribution in [3.8, 4) is 11.5 Å². The van der Waals surface area contributed by atoms with Crippen LogP contribution in [0.3, 0.4) is 0 Å². The van der Waals surface area contributed by atoms with E-state index in [4.69, 9.17) is 9.84 Å². The minimum atomic E-state index is -0.565. The molecular formula is C10H12O4. The Hall–Kier alpha value is -1.55. The summed E-state index contributed by atoms with van der Waals surface area (Å²) in [6, 6.07) is 4.54. The molecule has 0 amide bonds. The molecule has 1 atom stereocenters. The third-order valence-corrected chi connectivity index (χ3v) is 1.99. The highest BCUT2D eigenvalue weighted by molar-refractivity contribution is 5.63. The number of methoxy groups -OCH3 is 1. The normalized spacial score (nSPS) is 12.1. The van der Waals surface area contributed by atoms with Crippen molar-refractivity contribution in [2.45, 2.75) is 5.92 Å². The molecule has 0 bridgehead atoms. The highest BCUT2D eigenvalue weighted by atomic mass is 16.5. The van der Waals surface area contributed by atoms with Gasteiger partial charge in [-0.1, -0.05) is 6.07 Å². The summed E-state index contributed by atoms with van der Waals surface area (Å²) in [5.74, 6) is -0.258. The number of aliphatic hydroxyl groups is 1. The van der Waals surface area contributed by atoms with Crippen LogP contribution in [0.1, 0.15) is 11.5 Å². The maximum Gasteiger partial charge on any atom is 0.160 e. The van der Waals surface area contributed by atoms with Gasteiger partial charge in [-0.3, -0.25) is 0 Å². The summed E-state index contributed by atoms with van der Waals surface area (Å²) < 4.78 is 4.88. The first-order valence-electron chi connectivity index (χ1n) is 4.16. The Labute approximate surface area is 81.8 Å². The molecule has 0 radical (unpaired) electrons. The molecule has 2 N–H and O–H groups in total. The van der Waals surface area contributed by atoms with Crippen LogP contribution < -0.4 is 4.74 Å². The van der Waals surface area contributed by atoms with Crippen LogP contribution in [0.15, 0.2) is 18.2 Å². The largest absolute Gasteiger partial charge is 0.504 e. The molecule has 0 aliphatic rings. The van der Waals surface area contributed by atoms with Crippen LogP contribution in [0.4, 0.5) is 0 Å². The van der Waals surface area contributed by atoms with Crippen LogP contribution in [0.2, 0.25) is 0 Å². The number of hydrogen-bond donors (Lipinski definition) is 2. The number of hydrogen-bond acceptors (Lipinski definition) is 4. The third kappa shape index (κ3) is 2.03. The van der Waals surface area contributed by atoms with Gasteiger partial charge in [0.05, 0.1) is 19.6 Å². The number of carbonyl (C=O) groups is 1. The average Bonchev–Trinajstić information content (AvgIpc) is 2.22. The molecule has 0 spiro atoms. The fraction of sp³-hybridized carbons (Fsp3) is 0.300. The monoisotopic (exact) mass is 196 g/mol. The number of ether oxygens (including phenoxy) is 1. The Balaban J connectivity index is 3.04. The molecular weight excluding hydrogens is 184 g/mol. The van der Waals surface area contributed by atoms with E-state index in [0.29, 0.717) is 17.6 Å². The smallest absolute Gasteiger partial charge is 0.160 e. The highest BCUT2D eigenvalue weighted by Crippen LogP contribution is 2.28. The van der Waals surface area contributed by atoms with E-state index in [-0.39, 0.29) is 12.4 Å². The van der Waals surface area contributed by atoms with Gasteiger partial charge in [0, 0.05) is 0 Å². The number of phenolic OH excluding ortho intramolecular Hbond substituents is 1. The third-order valence-electron chi connectivity index (χ3n) is 1.99. The number of aliphatic hydroxyl groups excluding tert-OH is 1. The van der Waals surface area contributed by atoms with Crippen LogP contribution in [-0.2, 0) is 4.79 Å². The summed E-state index contributed by atoms with van der Waals surface area (Å²) in [7, 11) is 1.42. The number of rotatable bonds is 4. The van der Waals surface area contributed by atoms with Crippen LogP contribution in [0.5, 0.6) is 11.5 Å². The number of benzene rings is 1. The summed E-state index contributed by atoms with van der Waals surface area (Å²) in [6.45, 7) is -0.253. The molecule has 14 heavy (non-hydrogen) atoms. The maximum atomic E-state index is 10.6. The number of carbonyl (C=O) groups excluding carboxylic acids is 1. The first-order valence-corrected chi connectivity index (χ1v) is 4.16. The second-order valence-corrected chi connectivity index (χ2v) is 2.86. The molecule has 1 rings (SSSR count). The second kappa shape index (κ2) is 4.62. The quantitative estimate of drug-likeness (QED) is 0.695. The van der Waals surface area contributed by atoms with Gasteiger partial charge < -0.3 is 19.7 Å². The van der Waals surface area contributed by atoms with E-state index < -0.39 is 5.92 Å². The lowest BCUT2D eigenvalue weighted by Gasteiger charge is -2.09. The fourth-order valence-corrected chi connectivity index (χ4v) is 1.15. The van der Waals surface area contributed by atoms with Crippen molar-refractivity contribution in [2.75, 3.05) is 13.7 Å². The van der Waals surface area contributed by atoms with Gasteiger partial charge in [-0.2, -0.15) is 0 Å². The predicted molar refractivity (Wildman–Crippen MR) is 50.5 cm³/mol. The van der Waals surface area contributed by atoms with Crippen molar-refractivity contribution in [1.82, 2.24) is 0 Å². The van der Waals surface area contributed by atoms with Gasteiger partial charge in [0.1, 0.15) is 6.29 Å². The minimum Gasteiger partial charge on any atom is -0.504 e. The molecule has 0 fully saturated rings. The molecule has 0 saturated carbocycles. The van der Waals surface area contributed by atoms with E-state index in [2.05, 4.69) is 0 Å². The Morgan fingerprint density at radius 1 is 1.57 bits per heavy atom. The van der Waals surface area contributed by atoms with Crippen molar-refractivity contribution in [1.29, 1.82) is 0 Å². The van der Waals surface area contributed by atoms with Gasteiger partial charge in [-0.25, -0.2) is 0 Å².